The third kappa shape index (κ3) is 3.40. The smallest absolute Gasteiger partial charge is 0.0473 e. The van der Waals surface area contributed by atoms with E-state index in [1.54, 1.807) is 0 Å². The van der Waals surface area contributed by atoms with E-state index in [9.17, 15) is 0 Å². The molecule has 0 aliphatic carbocycles. The number of pyridine rings is 1. The minimum atomic E-state index is 0.245. The molecule has 1 atom stereocenters. The van der Waals surface area contributed by atoms with E-state index in [1.165, 1.54) is 16.7 Å². The average Bonchev–Trinajstić information content (AvgIpc) is 2.43. The van der Waals surface area contributed by atoms with Crippen molar-refractivity contribution in [1.29, 1.82) is 0 Å². The summed E-state index contributed by atoms with van der Waals surface area (Å²) < 4.78 is 0. The molecule has 0 saturated carbocycles. The van der Waals surface area contributed by atoms with Crippen LogP contribution in [-0.2, 0) is 6.54 Å². The Labute approximate surface area is 115 Å². The molecule has 3 heteroatoms. The molecule has 0 aliphatic heterocycles. The fraction of sp³-hybridized carbons (Fsp3) is 0.312. The lowest BCUT2D eigenvalue weighted by Crippen LogP contribution is -2.30. The Bertz CT molecular complexity index is 510. The first-order valence-electron chi connectivity index (χ1n) is 6.57. The minimum absolute atomic E-state index is 0.245. The predicted molar refractivity (Wildman–Crippen MR) is 78.7 cm³/mol. The van der Waals surface area contributed by atoms with Crippen LogP contribution in [0.5, 0.6) is 0 Å². The molecule has 0 spiro atoms. The van der Waals surface area contributed by atoms with Gasteiger partial charge in [-0.05, 0) is 42.8 Å². The summed E-state index contributed by atoms with van der Waals surface area (Å²) in [6.45, 7) is 3.63. The molecule has 0 saturated heterocycles. The van der Waals surface area contributed by atoms with Gasteiger partial charge in [0.2, 0.25) is 0 Å². The van der Waals surface area contributed by atoms with Crippen LogP contribution in [0.3, 0.4) is 0 Å². The van der Waals surface area contributed by atoms with Crippen LogP contribution >= 0.6 is 0 Å². The number of likely N-dealkylation sites (N-methyl/N-ethyl adjacent to an activating group) is 1. The van der Waals surface area contributed by atoms with Crippen molar-refractivity contribution < 1.29 is 0 Å². The summed E-state index contributed by atoms with van der Waals surface area (Å²) in [5.41, 5.74) is 9.83. The zero-order chi connectivity index (χ0) is 13.7. The second-order valence-corrected chi connectivity index (χ2v) is 4.88. The fourth-order valence-electron chi connectivity index (χ4n) is 2.39. The van der Waals surface area contributed by atoms with Gasteiger partial charge in [0.15, 0.2) is 0 Å². The van der Waals surface area contributed by atoms with E-state index in [2.05, 4.69) is 48.1 Å². The molecule has 0 amide bonds. The maximum absolute atomic E-state index is 5.97. The van der Waals surface area contributed by atoms with Crippen molar-refractivity contribution in [1.82, 2.24) is 9.88 Å². The Morgan fingerprint density at radius 2 is 1.84 bits per heavy atom. The number of benzene rings is 1. The van der Waals surface area contributed by atoms with Crippen LogP contribution in [0.2, 0.25) is 0 Å². The summed E-state index contributed by atoms with van der Waals surface area (Å²) in [5, 5.41) is 0. The van der Waals surface area contributed by atoms with E-state index in [0.717, 1.165) is 6.54 Å². The highest BCUT2D eigenvalue weighted by Crippen LogP contribution is 2.23. The first kappa shape index (κ1) is 13.7. The van der Waals surface area contributed by atoms with Crippen LogP contribution in [0.25, 0.3) is 0 Å². The van der Waals surface area contributed by atoms with Gasteiger partial charge in [0.1, 0.15) is 0 Å². The van der Waals surface area contributed by atoms with Gasteiger partial charge < -0.3 is 5.73 Å². The van der Waals surface area contributed by atoms with Gasteiger partial charge in [0.25, 0.3) is 0 Å². The molecule has 2 N–H and O–H groups in total. The van der Waals surface area contributed by atoms with E-state index < -0.39 is 0 Å². The molecule has 0 fully saturated rings. The van der Waals surface area contributed by atoms with Crippen molar-refractivity contribution >= 4 is 0 Å². The van der Waals surface area contributed by atoms with Crippen LogP contribution < -0.4 is 5.73 Å². The summed E-state index contributed by atoms with van der Waals surface area (Å²) in [7, 11) is 2.12. The molecule has 0 bridgehead atoms. The molecule has 19 heavy (non-hydrogen) atoms. The lowest BCUT2D eigenvalue weighted by molar-refractivity contribution is 0.241. The highest BCUT2D eigenvalue weighted by molar-refractivity contribution is 5.29. The molecule has 0 aliphatic rings. The summed E-state index contributed by atoms with van der Waals surface area (Å²) >= 11 is 0. The third-order valence-electron chi connectivity index (χ3n) is 3.48. The molecule has 1 unspecified atom stereocenters. The van der Waals surface area contributed by atoms with Crippen molar-refractivity contribution in [2.45, 2.75) is 19.5 Å². The number of hydrogen-bond acceptors (Lipinski definition) is 3. The Balaban J connectivity index is 2.16. The molecular weight excluding hydrogens is 234 g/mol. The van der Waals surface area contributed by atoms with Crippen molar-refractivity contribution in [2.75, 3.05) is 13.6 Å². The normalized spacial score (nSPS) is 12.6. The number of aryl methyl sites for hydroxylation is 1. The molecule has 1 aromatic heterocycles. The van der Waals surface area contributed by atoms with Crippen molar-refractivity contribution in [3.63, 3.8) is 0 Å². The highest BCUT2D eigenvalue weighted by atomic mass is 15.1. The second-order valence-electron chi connectivity index (χ2n) is 4.88. The van der Waals surface area contributed by atoms with Gasteiger partial charge in [-0.15, -0.1) is 0 Å². The van der Waals surface area contributed by atoms with E-state index in [4.69, 9.17) is 5.73 Å². The molecule has 1 heterocycles. The first-order chi connectivity index (χ1) is 9.22. The Kier molecular flexibility index (Phi) is 4.66. The standard InChI is InChI=1S/C16H21N3/c1-13-5-3-4-6-15(13)16(11-17)19(2)12-14-7-9-18-10-8-14/h3-10,16H,11-12,17H2,1-2H3. The van der Waals surface area contributed by atoms with Gasteiger partial charge in [-0.1, -0.05) is 24.3 Å². The maximum Gasteiger partial charge on any atom is 0.0473 e. The van der Waals surface area contributed by atoms with Gasteiger partial charge in [-0.25, -0.2) is 0 Å². The predicted octanol–water partition coefficient (Wildman–Crippen LogP) is 2.52. The van der Waals surface area contributed by atoms with E-state index in [-0.39, 0.29) is 6.04 Å². The monoisotopic (exact) mass is 255 g/mol. The molecule has 2 rings (SSSR count). The van der Waals surface area contributed by atoms with Crippen LogP contribution in [-0.4, -0.2) is 23.5 Å². The summed E-state index contributed by atoms with van der Waals surface area (Å²) in [6, 6.07) is 12.8. The zero-order valence-corrected chi connectivity index (χ0v) is 11.6. The SMILES string of the molecule is Cc1ccccc1C(CN)N(C)Cc1ccncc1. The molecular formula is C16H21N3. The van der Waals surface area contributed by atoms with Crippen molar-refractivity contribution in [3.05, 3.63) is 65.5 Å². The van der Waals surface area contributed by atoms with Crippen LogP contribution in [0.4, 0.5) is 0 Å². The van der Waals surface area contributed by atoms with Crippen molar-refractivity contribution in [2.24, 2.45) is 5.73 Å². The molecule has 1 aromatic carbocycles. The minimum Gasteiger partial charge on any atom is -0.329 e. The third-order valence-corrected chi connectivity index (χ3v) is 3.48. The largest absolute Gasteiger partial charge is 0.329 e. The quantitative estimate of drug-likeness (QED) is 0.892. The number of nitrogens with zero attached hydrogens (tertiary/aromatic N) is 2. The summed E-state index contributed by atoms with van der Waals surface area (Å²) in [5.74, 6) is 0. The van der Waals surface area contributed by atoms with Gasteiger partial charge in [0, 0.05) is 31.5 Å². The van der Waals surface area contributed by atoms with Crippen LogP contribution in [0.1, 0.15) is 22.7 Å². The van der Waals surface area contributed by atoms with Crippen LogP contribution in [0.15, 0.2) is 48.8 Å². The first-order valence-corrected chi connectivity index (χ1v) is 6.57. The number of rotatable bonds is 5. The fourth-order valence-corrected chi connectivity index (χ4v) is 2.39. The number of aromatic nitrogens is 1. The van der Waals surface area contributed by atoms with Gasteiger partial charge >= 0.3 is 0 Å². The van der Waals surface area contributed by atoms with E-state index >= 15 is 0 Å². The lowest BCUT2D eigenvalue weighted by atomic mass is 10.00. The molecule has 3 nitrogen and oxygen atoms in total. The van der Waals surface area contributed by atoms with Gasteiger partial charge in [0.05, 0.1) is 0 Å². The summed E-state index contributed by atoms with van der Waals surface area (Å²) in [4.78, 5) is 6.34. The topological polar surface area (TPSA) is 42.1 Å². The molecule has 0 radical (unpaired) electrons. The molecule has 100 valence electrons. The number of nitrogens with two attached hydrogens (primary N) is 1. The van der Waals surface area contributed by atoms with Crippen molar-refractivity contribution in [3.8, 4) is 0 Å². The second kappa shape index (κ2) is 6.45. The lowest BCUT2D eigenvalue weighted by Gasteiger charge is -2.28. The Hall–Kier alpha value is -1.71. The maximum atomic E-state index is 5.97. The van der Waals surface area contributed by atoms with E-state index in [1.807, 2.05) is 24.5 Å². The molecule has 2 aromatic rings. The number of hydrogen-bond donors (Lipinski definition) is 1. The Morgan fingerprint density at radius 1 is 1.16 bits per heavy atom. The zero-order valence-electron chi connectivity index (χ0n) is 11.6. The summed E-state index contributed by atoms with van der Waals surface area (Å²) in [6.07, 6.45) is 3.66. The Morgan fingerprint density at radius 3 is 2.47 bits per heavy atom. The highest BCUT2D eigenvalue weighted by Gasteiger charge is 2.17. The van der Waals surface area contributed by atoms with E-state index in [0.29, 0.717) is 6.54 Å². The van der Waals surface area contributed by atoms with Gasteiger partial charge in [-0.3, -0.25) is 9.88 Å². The van der Waals surface area contributed by atoms with Gasteiger partial charge in [-0.2, -0.15) is 0 Å². The average molecular weight is 255 g/mol. The van der Waals surface area contributed by atoms with Crippen LogP contribution in [0, 0.1) is 6.92 Å².